The number of hydrogen-bond acceptors (Lipinski definition) is 4. The molecular weight excluding hydrogens is 152 g/mol. The van der Waals surface area contributed by atoms with Crippen LogP contribution >= 0.6 is 0 Å². The maximum Gasteiger partial charge on any atom is 0.220 e. The molecule has 2 aromatic rings. The fourth-order valence-corrected chi connectivity index (χ4v) is 1.03. The zero-order chi connectivity index (χ0) is 8.55. The van der Waals surface area contributed by atoms with Crippen molar-refractivity contribution in [2.45, 2.75) is 6.92 Å². The summed E-state index contributed by atoms with van der Waals surface area (Å²) in [6.45, 7) is 1.96. The highest BCUT2D eigenvalue weighted by Gasteiger charge is 1.97. The van der Waals surface area contributed by atoms with Crippen LogP contribution in [0.15, 0.2) is 18.5 Å². The van der Waals surface area contributed by atoms with Crippen LogP contribution in [-0.4, -0.2) is 15.0 Å². The third-order valence-electron chi connectivity index (χ3n) is 1.59. The first-order valence-electron chi connectivity index (χ1n) is 3.60. The molecule has 0 saturated carbocycles. The van der Waals surface area contributed by atoms with Crippen LogP contribution in [0.25, 0.3) is 11.0 Å². The predicted molar refractivity (Wildman–Crippen MR) is 46.5 cm³/mol. The van der Waals surface area contributed by atoms with E-state index < -0.39 is 0 Å². The Kier molecular flexibility index (Phi) is 1.40. The van der Waals surface area contributed by atoms with Gasteiger partial charge in [0.2, 0.25) is 5.95 Å². The molecule has 2 N–H and O–H groups in total. The largest absolute Gasteiger partial charge is 0.368 e. The van der Waals surface area contributed by atoms with Gasteiger partial charge in [0, 0.05) is 6.20 Å². The van der Waals surface area contributed by atoms with E-state index in [1.165, 1.54) is 0 Å². The lowest BCUT2D eigenvalue weighted by Crippen LogP contribution is -1.95. The van der Waals surface area contributed by atoms with Crippen molar-refractivity contribution in [1.29, 1.82) is 0 Å². The summed E-state index contributed by atoms with van der Waals surface area (Å²) in [6.07, 6.45) is 3.40. The van der Waals surface area contributed by atoms with E-state index in [2.05, 4.69) is 15.0 Å². The molecule has 0 saturated heterocycles. The SMILES string of the molecule is Cc1cnc2cnc(N)nc2c1. The molecule has 0 unspecified atom stereocenters. The third kappa shape index (κ3) is 1.07. The van der Waals surface area contributed by atoms with Crippen LogP contribution in [0.3, 0.4) is 0 Å². The van der Waals surface area contributed by atoms with Gasteiger partial charge in [0.1, 0.15) is 5.52 Å². The lowest BCUT2D eigenvalue weighted by Gasteiger charge is -1.97. The predicted octanol–water partition coefficient (Wildman–Crippen LogP) is 0.915. The van der Waals surface area contributed by atoms with Gasteiger partial charge in [-0.25, -0.2) is 9.97 Å². The van der Waals surface area contributed by atoms with Crippen molar-refractivity contribution in [3.63, 3.8) is 0 Å². The Morgan fingerprint density at radius 2 is 2.00 bits per heavy atom. The first-order chi connectivity index (χ1) is 5.75. The monoisotopic (exact) mass is 160 g/mol. The minimum atomic E-state index is 0.287. The van der Waals surface area contributed by atoms with Crippen molar-refractivity contribution in [2.75, 3.05) is 5.73 Å². The molecule has 4 nitrogen and oxygen atoms in total. The molecule has 0 atom stereocenters. The van der Waals surface area contributed by atoms with Gasteiger partial charge in [-0.15, -0.1) is 0 Å². The van der Waals surface area contributed by atoms with Gasteiger partial charge in [-0.1, -0.05) is 0 Å². The van der Waals surface area contributed by atoms with Crippen LogP contribution in [0.2, 0.25) is 0 Å². The Morgan fingerprint density at radius 1 is 1.17 bits per heavy atom. The fourth-order valence-electron chi connectivity index (χ4n) is 1.03. The molecule has 0 bridgehead atoms. The highest BCUT2D eigenvalue weighted by Crippen LogP contribution is 2.09. The van der Waals surface area contributed by atoms with E-state index in [-0.39, 0.29) is 5.95 Å². The number of aryl methyl sites for hydroxylation is 1. The van der Waals surface area contributed by atoms with Gasteiger partial charge in [-0.05, 0) is 18.6 Å². The highest BCUT2D eigenvalue weighted by molar-refractivity contribution is 5.74. The molecule has 12 heavy (non-hydrogen) atoms. The van der Waals surface area contributed by atoms with Crippen molar-refractivity contribution >= 4 is 17.0 Å². The Bertz CT molecular complexity index is 388. The minimum Gasteiger partial charge on any atom is -0.368 e. The van der Waals surface area contributed by atoms with E-state index in [9.17, 15) is 0 Å². The van der Waals surface area contributed by atoms with Gasteiger partial charge in [0.15, 0.2) is 0 Å². The summed E-state index contributed by atoms with van der Waals surface area (Å²) in [5.41, 5.74) is 8.06. The topological polar surface area (TPSA) is 64.7 Å². The number of nitrogen functional groups attached to an aromatic ring is 1. The number of anilines is 1. The molecule has 0 fully saturated rings. The van der Waals surface area contributed by atoms with Crippen molar-refractivity contribution in [3.8, 4) is 0 Å². The number of aromatic nitrogens is 3. The van der Waals surface area contributed by atoms with Gasteiger partial charge in [0.25, 0.3) is 0 Å². The van der Waals surface area contributed by atoms with Crippen molar-refractivity contribution < 1.29 is 0 Å². The maximum atomic E-state index is 5.42. The van der Waals surface area contributed by atoms with Gasteiger partial charge in [0.05, 0.1) is 11.7 Å². The van der Waals surface area contributed by atoms with Crippen molar-refractivity contribution in [3.05, 3.63) is 24.0 Å². The minimum absolute atomic E-state index is 0.287. The molecule has 2 heterocycles. The molecule has 0 aliphatic rings. The Morgan fingerprint density at radius 3 is 2.83 bits per heavy atom. The second-order valence-electron chi connectivity index (χ2n) is 2.65. The average Bonchev–Trinajstić information content (AvgIpc) is 2.03. The van der Waals surface area contributed by atoms with Gasteiger partial charge in [-0.3, -0.25) is 4.98 Å². The number of nitrogens with two attached hydrogens (primary N) is 1. The number of pyridine rings is 1. The molecule has 0 aliphatic carbocycles. The summed E-state index contributed by atoms with van der Waals surface area (Å²) in [5, 5.41) is 0. The molecule has 2 aromatic heterocycles. The van der Waals surface area contributed by atoms with E-state index in [1.54, 1.807) is 12.4 Å². The lowest BCUT2D eigenvalue weighted by atomic mass is 10.3. The van der Waals surface area contributed by atoms with Gasteiger partial charge in [-0.2, -0.15) is 0 Å². The Labute approximate surface area is 69.5 Å². The van der Waals surface area contributed by atoms with Crippen molar-refractivity contribution in [2.24, 2.45) is 0 Å². The maximum absolute atomic E-state index is 5.42. The molecule has 0 aliphatic heterocycles. The van der Waals surface area contributed by atoms with E-state index >= 15 is 0 Å². The smallest absolute Gasteiger partial charge is 0.220 e. The number of fused-ring (bicyclic) bond motifs is 1. The fraction of sp³-hybridized carbons (Fsp3) is 0.125. The molecule has 0 amide bonds. The van der Waals surface area contributed by atoms with E-state index in [0.29, 0.717) is 0 Å². The second-order valence-corrected chi connectivity index (χ2v) is 2.65. The molecule has 0 radical (unpaired) electrons. The van der Waals surface area contributed by atoms with Gasteiger partial charge < -0.3 is 5.73 Å². The number of hydrogen-bond donors (Lipinski definition) is 1. The van der Waals surface area contributed by atoms with Crippen LogP contribution in [0, 0.1) is 6.92 Å². The molecular formula is C8H8N4. The van der Waals surface area contributed by atoms with Gasteiger partial charge >= 0.3 is 0 Å². The summed E-state index contributed by atoms with van der Waals surface area (Å²) in [5.74, 6) is 0.287. The summed E-state index contributed by atoms with van der Waals surface area (Å²) < 4.78 is 0. The number of nitrogens with zero attached hydrogens (tertiary/aromatic N) is 3. The van der Waals surface area contributed by atoms with Crippen LogP contribution in [0.1, 0.15) is 5.56 Å². The summed E-state index contributed by atoms with van der Waals surface area (Å²) >= 11 is 0. The average molecular weight is 160 g/mol. The standard InChI is InChI=1S/C8H8N4/c1-5-2-6-7(10-3-5)4-11-8(9)12-6/h2-4H,1H3,(H2,9,11,12). The summed E-state index contributed by atoms with van der Waals surface area (Å²) in [4.78, 5) is 12.0. The normalized spacial score (nSPS) is 10.4. The first kappa shape index (κ1) is 6.97. The highest BCUT2D eigenvalue weighted by atomic mass is 15.0. The molecule has 4 heteroatoms. The molecule has 60 valence electrons. The van der Waals surface area contributed by atoms with Crippen LogP contribution in [-0.2, 0) is 0 Å². The van der Waals surface area contributed by atoms with E-state index in [0.717, 1.165) is 16.6 Å². The summed E-state index contributed by atoms with van der Waals surface area (Å²) in [7, 11) is 0. The molecule has 0 spiro atoms. The zero-order valence-electron chi connectivity index (χ0n) is 6.65. The van der Waals surface area contributed by atoms with Crippen LogP contribution < -0.4 is 5.73 Å². The molecule has 2 rings (SSSR count). The van der Waals surface area contributed by atoms with E-state index in [4.69, 9.17) is 5.73 Å². The second kappa shape index (κ2) is 2.41. The van der Waals surface area contributed by atoms with Crippen LogP contribution in [0.4, 0.5) is 5.95 Å². The Balaban J connectivity index is 2.80. The lowest BCUT2D eigenvalue weighted by molar-refractivity contribution is 1.20. The van der Waals surface area contributed by atoms with Crippen molar-refractivity contribution in [1.82, 2.24) is 15.0 Å². The summed E-state index contributed by atoms with van der Waals surface area (Å²) in [6, 6.07) is 1.93. The molecule has 0 aromatic carbocycles. The Hall–Kier alpha value is -1.71. The third-order valence-corrected chi connectivity index (χ3v) is 1.59. The van der Waals surface area contributed by atoms with Crippen LogP contribution in [0.5, 0.6) is 0 Å². The van der Waals surface area contributed by atoms with E-state index in [1.807, 2.05) is 13.0 Å². The first-order valence-corrected chi connectivity index (χ1v) is 3.60. The zero-order valence-corrected chi connectivity index (χ0v) is 6.65. The quantitative estimate of drug-likeness (QED) is 0.622. The number of rotatable bonds is 0.